The first-order valence-corrected chi connectivity index (χ1v) is 7.62. The lowest BCUT2D eigenvalue weighted by molar-refractivity contribution is -0.125. The Kier molecular flexibility index (Phi) is 6.30. The summed E-state index contributed by atoms with van der Waals surface area (Å²) in [6.45, 7) is 3.79. The van der Waals surface area contributed by atoms with E-state index in [2.05, 4.69) is 40.3 Å². The highest BCUT2D eigenvalue weighted by Crippen LogP contribution is 2.20. The summed E-state index contributed by atoms with van der Waals surface area (Å²) in [5, 5.41) is 3.10. The van der Waals surface area contributed by atoms with E-state index in [0.717, 1.165) is 26.2 Å². The summed E-state index contributed by atoms with van der Waals surface area (Å²) in [6.07, 6.45) is 3.69. The third-order valence-corrected chi connectivity index (χ3v) is 3.87. The van der Waals surface area contributed by atoms with Gasteiger partial charge < -0.3 is 15.0 Å². The van der Waals surface area contributed by atoms with Crippen molar-refractivity contribution in [3.8, 4) is 0 Å². The van der Waals surface area contributed by atoms with Crippen LogP contribution in [-0.2, 0) is 16.1 Å². The Morgan fingerprint density at radius 1 is 1.50 bits per heavy atom. The van der Waals surface area contributed by atoms with E-state index in [1.807, 2.05) is 12.3 Å². The van der Waals surface area contributed by atoms with Crippen molar-refractivity contribution >= 4 is 5.91 Å². The van der Waals surface area contributed by atoms with Crippen molar-refractivity contribution in [3.63, 3.8) is 0 Å². The summed E-state index contributed by atoms with van der Waals surface area (Å²) in [7, 11) is 5.68. The Morgan fingerprint density at radius 2 is 2.32 bits per heavy atom. The fourth-order valence-corrected chi connectivity index (χ4v) is 3.04. The van der Waals surface area contributed by atoms with Crippen molar-refractivity contribution in [2.24, 2.45) is 5.92 Å². The van der Waals surface area contributed by atoms with Crippen LogP contribution in [0.15, 0.2) is 24.5 Å². The molecule has 0 unspecified atom stereocenters. The van der Waals surface area contributed by atoms with E-state index >= 15 is 0 Å². The maximum absolute atomic E-state index is 11.8. The lowest BCUT2D eigenvalue weighted by Gasteiger charge is -2.22. The van der Waals surface area contributed by atoms with Crippen LogP contribution < -0.4 is 5.32 Å². The number of rotatable bonds is 7. The summed E-state index contributed by atoms with van der Waals surface area (Å²) >= 11 is 0. The predicted octanol–water partition coefficient (Wildman–Crippen LogP) is 0.206. The highest BCUT2D eigenvalue weighted by atomic mass is 16.5. The number of hydrogen-bond acceptors (Lipinski definition) is 5. The molecule has 2 rings (SSSR count). The largest absolute Gasteiger partial charge is 0.375 e. The van der Waals surface area contributed by atoms with Gasteiger partial charge in [-0.2, -0.15) is 0 Å². The van der Waals surface area contributed by atoms with Crippen molar-refractivity contribution in [2.75, 3.05) is 47.4 Å². The molecule has 22 heavy (non-hydrogen) atoms. The first kappa shape index (κ1) is 16.9. The number of ether oxygens (including phenoxy) is 1. The standard InChI is InChI=1S/C16H26N4O2/c1-19(2)9-14-10-20(8-13-5-4-6-17-7-13)11-15(14)18-16(21)12-22-3/h4-7,14-15H,8-12H2,1-3H3,(H,18,21)/t14-,15-/m1/s1. The van der Waals surface area contributed by atoms with Crippen molar-refractivity contribution in [3.05, 3.63) is 30.1 Å². The molecule has 0 saturated carbocycles. The summed E-state index contributed by atoms with van der Waals surface area (Å²) in [6, 6.07) is 4.22. The van der Waals surface area contributed by atoms with Gasteiger partial charge in [-0.3, -0.25) is 14.7 Å². The molecule has 0 aromatic carbocycles. The number of nitrogens with one attached hydrogen (secondary N) is 1. The molecule has 6 nitrogen and oxygen atoms in total. The monoisotopic (exact) mass is 306 g/mol. The fraction of sp³-hybridized carbons (Fsp3) is 0.625. The lowest BCUT2D eigenvalue weighted by Crippen LogP contribution is -2.44. The first-order chi connectivity index (χ1) is 10.6. The van der Waals surface area contributed by atoms with Crippen LogP contribution in [0, 0.1) is 5.92 Å². The molecule has 1 aliphatic rings. The molecule has 122 valence electrons. The number of nitrogens with zero attached hydrogens (tertiary/aromatic N) is 3. The Balaban J connectivity index is 1.96. The Hall–Kier alpha value is -1.50. The van der Waals surface area contributed by atoms with Crippen LogP contribution in [0.4, 0.5) is 0 Å². The molecular formula is C16H26N4O2. The van der Waals surface area contributed by atoms with Gasteiger partial charge in [0, 0.05) is 57.6 Å². The van der Waals surface area contributed by atoms with Gasteiger partial charge in [0.25, 0.3) is 0 Å². The maximum Gasteiger partial charge on any atom is 0.246 e. The van der Waals surface area contributed by atoms with Crippen molar-refractivity contribution in [1.82, 2.24) is 20.1 Å². The van der Waals surface area contributed by atoms with Gasteiger partial charge in [-0.15, -0.1) is 0 Å². The fourth-order valence-electron chi connectivity index (χ4n) is 3.04. The summed E-state index contributed by atoms with van der Waals surface area (Å²) in [5.74, 6) is 0.381. The topological polar surface area (TPSA) is 57.7 Å². The third kappa shape index (κ3) is 5.05. The smallest absolute Gasteiger partial charge is 0.246 e. The second-order valence-electron chi connectivity index (χ2n) is 6.18. The molecule has 2 heterocycles. The van der Waals surface area contributed by atoms with Gasteiger partial charge in [0.05, 0.1) is 0 Å². The predicted molar refractivity (Wildman–Crippen MR) is 85.4 cm³/mol. The zero-order valence-electron chi connectivity index (χ0n) is 13.7. The number of likely N-dealkylation sites (tertiary alicyclic amines) is 1. The quantitative estimate of drug-likeness (QED) is 0.780. The van der Waals surface area contributed by atoms with Crippen molar-refractivity contribution in [1.29, 1.82) is 0 Å². The van der Waals surface area contributed by atoms with Gasteiger partial charge >= 0.3 is 0 Å². The van der Waals surface area contributed by atoms with Crippen LogP contribution in [0.3, 0.4) is 0 Å². The van der Waals surface area contributed by atoms with Crippen LogP contribution in [0.25, 0.3) is 0 Å². The van der Waals surface area contributed by atoms with Crippen molar-refractivity contribution < 1.29 is 9.53 Å². The van der Waals surface area contributed by atoms with E-state index < -0.39 is 0 Å². The summed E-state index contributed by atoms with van der Waals surface area (Å²) in [5.41, 5.74) is 1.20. The molecule has 1 aromatic heterocycles. The van der Waals surface area contributed by atoms with Gasteiger partial charge in [0.1, 0.15) is 6.61 Å². The molecule has 6 heteroatoms. The minimum absolute atomic E-state index is 0.0421. The van der Waals surface area contributed by atoms with Gasteiger partial charge in [-0.1, -0.05) is 6.07 Å². The SMILES string of the molecule is COCC(=O)N[C@@H]1CN(Cc2cccnc2)C[C@H]1CN(C)C. The zero-order chi connectivity index (χ0) is 15.9. The highest BCUT2D eigenvalue weighted by molar-refractivity contribution is 5.77. The Morgan fingerprint density at radius 3 is 2.95 bits per heavy atom. The van der Waals surface area contributed by atoms with E-state index in [0.29, 0.717) is 5.92 Å². The van der Waals surface area contributed by atoms with Crippen LogP contribution in [0.2, 0.25) is 0 Å². The first-order valence-electron chi connectivity index (χ1n) is 7.62. The van der Waals surface area contributed by atoms with E-state index in [9.17, 15) is 4.79 Å². The molecule has 1 saturated heterocycles. The maximum atomic E-state index is 11.8. The molecule has 1 fully saturated rings. The van der Waals surface area contributed by atoms with Crippen molar-refractivity contribution in [2.45, 2.75) is 12.6 Å². The van der Waals surface area contributed by atoms with Gasteiger partial charge in [0.15, 0.2) is 0 Å². The van der Waals surface area contributed by atoms with E-state index in [4.69, 9.17) is 4.74 Å². The van der Waals surface area contributed by atoms with Crippen LogP contribution in [0.1, 0.15) is 5.56 Å². The molecule has 0 aliphatic carbocycles. The van der Waals surface area contributed by atoms with E-state index in [1.165, 1.54) is 5.56 Å². The molecule has 0 spiro atoms. The Labute approximate surface area is 132 Å². The van der Waals surface area contributed by atoms with E-state index in [1.54, 1.807) is 13.3 Å². The second kappa shape index (κ2) is 8.22. The number of amides is 1. The summed E-state index contributed by atoms with van der Waals surface area (Å²) < 4.78 is 4.91. The van der Waals surface area contributed by atoms with Gasteiger partial charge in [-0.05, 0) is 25.7 Å². The lowest BCUT2D eigenvalue weighted by atomic mass is 10.0. The average molecular weight is 306 g/mol. The zero-order valence-corrected chi connectivity index (χ0v) is 13.7. The van der Waals surface area contributed by atoms with Crippen LogP contribution >= 0.6 is 0 Å². The minimum atomic E-state index is -0.0421. The molecule has 1 N–H and O–H groups in total. The number of hydrogen-bond donors (Lipinski definition) is 1. The molecule has 1 amide bonds. The molecule has 1 aromatic rings. The second-order valence-corrected chi connectivity index (χ2v) is 6.18. The number of carbonyl (C=O) groups is 1. The molecule has 0 radical (unpaired) electrons. The molecular weight excluding hydrogens is 280 g/mol. The van der Waals surface area contributed by atoms with E-state index in [-0.39, 0.29) is 18.6 Å². The van der Waals surface area contributed by atoms with Gasteiger partial charge in [-0.25, -0.2) is 0 Å². The minimum Gasteiger partial charge on any atom is -0.375 e. The number of aromatic nitrogens is 1. The van der Waals surface area contributed by atoms with Gasteiger partial charge in [0.2, 0.25) is 5.91 Å². The highest BCUT2D eigenvalue weighted by Gasteiger charge is 2.33. The Bertz CT molecular complexity index is 466. The van der Waals surface area contributed by atoms with Crippen LogP contribution in [-0.4, -0.2) is 74.2 Å². The summed E-state index contributed by atoms with van der Waals surface area (Å²) in [4.78, 5) is 20.5. The molecule has 0 bridgehead atoms. The number of methoxy groups -OCH3 is 1. The van der Waals surface area contributed by atoms with Crippen LogP contribution in [0.5, 0.6) is 0 Å². The molecule has 2 atom stereocenters. The average Bonchev–Trinajstić information content (AvgIpc) is 2.81. The normalized spacial score (nSPS) is 22.2. The number of pyridine rings is 1. The third-order valence-electron chi connectivity index (χ3n) is 3.87. The molecule has 1 aliphatic heterocycles. The number of carbonyl (C=O) groups excluding carboxylic acids is 1.